The molecule has 0 saturated carbocycles. The maximum atomic E-state index is 6.00. The Labute approximate surface area is 189 Å². The molecule has 1 aromatic carbocycles. The largest absolute Gasteiger partial charge is 0.459 e. The lowest BCUT2D eigenvalue weighted by Crippen LogP contribution is -2.41. The highest BCUT2D eigenvalue weighted by Crippen LogP contribution is 2.35. The third kappa shape index (κ3) is 6.03. The summed E-state index contributed by atoms with van der Waals surface area (Å²) in [6.07, 6.45) is 2.13. The normalized spacial score (nSPS) is 17.8. The molecule has 1 unspecified atom stereocenters. The zero-order valence-corrected chi connectivity index (χ0v) is 20.1. The van der Waals surface area contributed by atoms with E-state index in [1.165, 1.54) is 0 Å². The van der Waals surface area contributed by atoms with Crippen LogP contribution in [0.2, 0.25) is 0 Å². The number of furan rings is 1. The lowest BCUT2D eigenvalue weighted by molar-refractivity contribution is 0.0793. The Morgan fingerprint density at radius 2 is 2.00 bits per heavy atom. The average Bonchev–Trinajstić information content (AvgIpc) is 3.12. The quantitative estimate of drug-likeness (QED) is 0.309. The minimum atomic E-state index is 0. The molecule has 1 fully saturated rings. The molecule has 7 heteroatoms. The third-order valence-electron chi connectivity index (χ3n) is 4.95. The molecule has 3 rings (SSSR count). The molecule has 1 aromatic heterocycles. The van der Waals surface area contributed by atoms with Gasteiger partial charge in [-0.05, 0) is 44.6 Å². The number of benzene rings is 1. The first-order chi connectivity index (χ1) is 13.2. The fourth-order valence-electron chi connectivity index (χ4n) is 3.43. The van der Waals surface area contributed by atoms with Gasteiger partial charge in [-0.2, -0.15) is 11.8 Å². The Hall–Kier alpha value is -0.930. The lowest BCUT2D eigenvalue weighted by atomic mass is 9.99. The molecular weight excluding hydrogens is 485 g/mol. The van der Waals surface area contributed by atoms with Crippen molar-refractivity contribution in [2.45, 2.75) is 44.4 Å². The van der Waals surface area contributed by atoms with E-state index in [2.05, 4.69) is 43.5 Å². The summed E-state index contributed by atoms with van der Waals surface area (Å²) in [6.45, 7) is 9.72. The van der Waals surface area contributed by atoms with Crippen LogP contribution in [0.25, 0.3) is 11.0 Å². The SMILES string of the molecule is CCNC(=NCC1(SCC)CCOCC1)NC(C)c1cc2ccccc2o1.I. The first-order valence-corrected chi connectivity index (χ1v) is 10.9. The van der Waals surface area contributed by atoms with Crippen molar-refractivity contribution in [1.82, 2.24) is 10.6 Å². The van der Waals surface area contributed by atoms with E-state index < -0.39 is 0 Å². The number of fused-ring (bicyclic) bond motifs is 1. The molecule has 156 valence electrons. The molecule has 1 saturated heterocycles. The topological polar surface area (TPSA) is 58.8 Å². The van der Waals surface area contributed by atoms with Gasteiger partial charge in [0.25, 0.3) is 0 Å². The van der Waals surface area contributed by atoms with Gasteiger partial charge >= 0.3 is 0 Å². The second-order valence-corrected chi connectivity index (χ2v) is 8.71. The van der Waals surface area contributed by atoms with Crippen LogP contribution in [-0.2, 0) is 4.74 Å². The number of aliphatic imine (C=N–C) groups is 1. The second-order valence-electron chi connectivity index (χ2n) is 6.98. The van der Waals surface area contributed by atoms with Crippen molar-refractivity contribution in [3.8, 4) is 0 Å². The van der Waals surface area contributed by atoms with Crippen molar-refractivity contribution >= 4 is 52.7 Å². The molecule has 28 heavy (non-hydrogen) atoms. The van der Waals surface area contributed by atoms with Gasteiger partial charge in [-0.1, -0.05) is 25.1 Å². The number of para-hydroxylation sites is 1. The van der Waals surface area contributed by atoms with Crippen LogP contribution in [0.1, 0.15) is 45.4 Å². The number of ether oxygens (including phenoxy) is 1. The van der Waals surface area contributed by atoms with E-state index in [4.69, 9.17) is 14.1 Å². The van der Waals surface area contributed by atoms with E-state index in [0.29, 0.717) is 0 Å². The third-order valence-corrected chi connectivity index (χ3v) is 6.39. The summed E-state index contributed by atoms with van der Waals surface area (Å²) in [5, 5.41) is 8.00. The molecule has 0 radical (unpaired) electrons. The van der Waals surface area contributed by atoms with Crippen molar-refractivity contribution < 1.29 is 9.15 Å². The smallest absolute Gasteiger partial charge is 0.191 e. The Morgan fingerprint density at radius 3 is 2.68 bits per heavy atom. The van der Waals surface area contributed by atoms with Crippen LogP contribution in [0, 0.1) is 0 Å². The van der Waals surface area contributed by atoms with Crippen LogP contribution in [-0.4, -0.2) is 42.8 Å². The highest BCUT2D eigenvalue weighted by atomic mass is 127. The zero-order valence-electron chi connectivity index (χ0n) is 17.0. The van der Waals surface area contributed by atoms with Gasteiger partial charge in [0, 0.05) is 29.9 Å². The number of hydrogen-bond acceptors (Lipinski definition) is 4. The maximum absolute atomic E-state index is 6.00. The van der Waals surface area contributed by atoms with Crippen LogP contribution >= 0.6 is 35.7 Å². The fraction of sp³-hybridized carbons (Fsp3) is 0.571. The monoisotopic (exact) mass is 517 g/mol. The summed E-state index contributed by atoms with van der Waals surface area (Å²) in [7, 11) is 0. The number of halogens is 1. The second kappa shape index (κ2) is 11.3. The summed E-state index contributed by atoms with van der Waals surface area (Å²) < 4.78 is 11.8. The van der Waals surface area contributed by atoms with E-state index in [1.54, 1.807) is 0 Å². The summed E-state index contributed by atoms with van der Waals surface area (Å²) in [6, 6.07) is 10.2. The molecule has 0 amide bonds. The van der Waals surface area contributed by atoms with Gasteiger partial charge < -0.3 is 19.8 Å². The predicted molar refractivity (Wildman–Crippen MR) is 130 cm³/mol. The number of thioether (sulfide) groups is 1. The number of nitrogens with one attached hydrogen (secondary N) is 2. The summed E-state index contributed by atoms with van der Waals surface area (Å²) in [5.41, 5.74) is 0.920. The Bertz CT molecular complexity index is 720. The summed E-state index contributed by atoms with van der Waals surface area (Å²) in [5.74, 6) is 2.87. The molecule has 1 atom stereocenters. The van der Waals surface area contributed by atoms with Gasteiger partial charge in [0.15, 0.2) is 5.96 Å². The zero-order chi connectivity index (χ0) is 19.1. The summed E-state index contributed by atoms with van der Waals surface area (Å²) >= 11 is 2.02. The van der Waals surface area contributed by atoms with Crippen LogP contribution in [0.15, 0.2) is 39.7 Å². The van der Waals surface area contributed by atoms with Gasteiger partial charge in [-0.3, -0.25) is 4.99 Å². The molecule has 2 aromatic rings. The van der Waals surface area contributed by atoms with Gasteiger partial charge in [-0.25, -0.2) is 0 Å². The Balaban J connectivity index is 0.00000280. The highest BCUT2D eigenvalue weighted by molar-refractivity contribution is 14.0. The van der Waals surface area contributed by atoms with Crippen LogP contribution in [0.3, 0.4) is 0 Å². The molecule has 2 N–H and O–H groups in total. The average molecular weight is 517 g/mol. The maximum Gasteiger partial charge on any atom is 0.191 e. The van der Waals surface area contributed by atoms with E-state index in [9.17, 15) is 0 Å². The molecule has 1 aliphatic rings. The highest BCUT2D eigenvalue weighted by Gasteiger charge is 2.32. The predicted octanol–water partition coefficient (Wildman–Crippen LogP) is 4.97. The number of guanidine groups is 1. The Kier molecular flexibility index (Phi) is 9.43. The molecule has 0 bridgehead atoms. The minimum absolute atomic E-state index is 0. The number of rotatable bonds is 7. The van der Waals surface area contributed by atoms with Gasteiger partial charge in [0.1, 0.15) is 11.3 Å². The standard InChI is InChI=1S/C21H31N3O2S.HI/c1-4-22-20(23-15-21(27-5-2)10-12-25-13-11-21)24-16(3)19-14-17-8-6-7-9-18(17)26-19;/h6-9,14,16H,4-5,10-13,15H2,1-3H3,(H2,22,23,24);1H. The molecular formula is C21H32IN3O2S. The molecule has 0 spiro atoms. The van der Waals surface area contributed by atoms with E-state index in [-0.39, 0.29) is 34.8 Å². The first kappa shape index (κ1) is 23.3. The van der Waals surface area contributed by atoms with Crippen molar-refractivity contribution in [3.05, 3.63) is 36.1 Å². The van der Waals surface area contributed by atoms with Crippen LogP contribution in [0.4, 0.5) is 0 Å². The van der Waals surface area contributed by atoms with Crippen LogP contribution in [0.5, 0.6) is 0 Å². The minimum Gasteiger partial charge on any atom is -0.459 e. The number of nitrogens with zero attached hydrogens (tertiary/aromatic N) is 1. The molecule has 1 aliphatic heterocycles. The van der Waals surface area contributed by atoms with Gasteiger partial charge in [0.05, 0.1) is 12.6 Å². The Morgan fingerprint density at radius 1 is 1.25 bits per heavy atom. The van der Waals surface area contributed by atoms with E-state index >= 15 is 0 Å². The summed E-state index contributed by atoms with van der Waals surface area (Å²) in [4.78, 5) is 4.92. The van der Waals surface area contributed by atoms with Gasteiger partial charge in [0.2, 0.25) is 0 Å². The fourth-order valence-corrected chi connectivity index (χ4v) is 4.66. The van der Waals surface area contributed by atoms with Crippen molar-refractivity contribution in [2.75, 3.05) is 32.1 Å². The van der Waals surface area contributed by atoms with E-state index in [0.717, 1.165) is 67.6 Å². The first-order valence-electron chi connectivity index (χ1n) is 9.91. The van der Waals surface area contributed by atoms with Crippen LogP contribution < -0.4 is 10.6 Å². The van der Waals surface area contributed by atoms with Crippen molar-refractivity contribution in [3.63, 3.8) is 0 Å². The van der Waals surface area contributed by atoms with Crippen molar-refractivity contribution in [1.29, 1.82) is 0 Å². The van der Waals surface area contributed by atoms with Crippen molar-refractivity contribution in [2.24, 2.45) is 4.99 Å². The molecule has 2 heterocycles. The molecule has 0 aliphatic carbocycles. The lowest BCUT2D eigenvalue weighted by Gasteiger charge is -2.35. The molecule has 5 nitrogen and oxygen atoms in total. The van der Waals surface area contributed by atoms with E-state index in [1.807, 2.05) is 30.0 Å². The number of hydrogen-bond donors (Lipinski definition) is 2. The van der Waals surface area contributed by atoms with Gasteiger partial charge in [-0.15, -0.1) is 24.0 Å².